The van der Waals surface area contributed by atoms with E-state index in [0.29, 0.717) is 18.2 Å². The number of aliphatic imine (C=N–C) groups is 1. The van der Waals surface area contributed by atoms with E-state index < -0.39 is 0 Å². The van der Waals surface area contributed by atoms with Crippen molar-refractivity contribution in [1.82, 2.24) is 15.6 Å². The van der Waals surface area contributed by atoms with Crippen molar-refractivity contribution in [3.63, 3.8) is 0 Å². The van der Waals surface area contributed by atoms with Gasteiger partial charge in [0.15, 0.2) is 5.96 Å². The molecule has 0 saturated carbocycles. The van der Waals surface area contributed by atoms with Crippen LogP contribution < -0.4 is 15.4 Å². The molecule has 0 aliphatic rings. The van der Waals surface area contributed by atoms with E-state index in [1.54, 1.807) is 18.3 Å². The van der Waals surface area contributed by atoms with Crippen molar-refractivity contribution in [2.24, 2.45) is 4.99 Å². The lowest BCUT2D eigenvalue weighted by atomic mass is 10.2. The molecule has 0 unspecified atom stereocenters. The van der Waals surface area contributed by atoms with Gasteiger partial charge in [-0.3, -0.25) is 0 Å². The number of hydrogen-bond donors (Lipinski definition) is 2. The molecule has 0 saturated heterocycles. The van der Waals surface area contributed by atoms with Gasteiger partial charge in [-0.05, 0) is 39.0 Å². The molecule has 0 spiro atoms. The molecule has 1 aromatic heterocycles. The zero-order valence-corrected chi connectivity index (χ0v) is 17.0. The number of rotatable bonds is 6. The first-order chi connectivity index (χ1) is 11.6. The first kappa shape index (κ1) is 21.1. The van der Waals surface area contributed by atoms with Gasteiger partial charge in [-0.25, -0.2) is 14.4 Å². The first-order valence-electron chi connectivity index (χ1n) is 8.00. The van der Waals surface area contributed by atoms with Crippen LogP contribution in [0.25, 0.3) is 0 Å². The normalized spacial score (nSPS) is 11.0. The van der Waals surface area contributed by atoms with E-state index in [1.807, 2.05) is 19.1 Å². The third kappa shape index (κ3) is 7.25. The lowest BCUT2D eigenvalue weighted by Gasteiger charge is -2.14. The van der Waals surface area contributed by atoms with Crippen molar-refractivity contribution in [1.29, 1.82) is 0 Å². The minimum Gasteiger partial charge on any atom is -0.439 e. The predicted octanol–water partition coefficient (Wildman–Crippen LogP) is 4.09. The maximum Gasteiger partial charge on any atom is 0.224 e. The van der Waals surface area contributed by atoms with Crippen molar-refractivity contribution in [3.8, 4) is 11.6 Å². The molecule has 2 N–H and O–H groups in total. The van der Waals surface area contributed by atoms with Gasteiger partial charge in [0.05, 0.1) is 6.54 Å². The summed E-state index contributed by atoms with van der Waals surface area (Å²) in [7, 11) is 0. The van der Waals surface area contributed by atoms with Crippen LogP contribution in [0.15, 0.2) is 47.6 Å². The van der Waals surface area contributed by atoms with Crippen molar-refractivity contribution in [2.75, 3.05) is 6.54 Å². The van der Waals surface area contributed by atoms with Gasteiger partial charge in [0, 0.05) is 30.4 Å². The zero-order chi connectivity index (χ0) is 17.4. The maximum absolute atomic E-state index is 13.3. The molecule has 5 nitrogen and oxygen atoms in total. The SMILES string of the molecule is CCNC(=NCc1cccnc1Oc1cccc(F)c1)NC(C)C.I. The van der Waals surface area contributed by atoms with E-state index in [4.69, 9.17) is 4.74 Å². The third-order valence-electron chi connectivity index (χ3n) is 3.04. The number of guanidine groups is 1. The molecule has 0 aliphatic carbocycles. The topological polar surface area (TPSA) is 58.5 Å². The van der Waals surface area contributed by atoms with Crippen LogP contribution in [-0.4, -0.2) is 23.5 Å². The van der Waals surface area contributed by atoms with Gasteiger partial charge in [-0.2, -0.15) is 0 Å². The molecule has 0 aliphatic heterocycles. The van der Waals surface area contributed by atoms with Gasteiger partial charge in [0.1, 0.15) is 11.6 Å². The van der Waals surface area contributed by atoms with E-state index >= 15 is 0 Å². The van der Waals surface area contributed by atoms with Crippen molar-refractivity contribution in [2.45, 2.75) is 33.4 Å². The summed E-state index contributed by atoms with van der Waals surface area (Å²) in [5.41, 5.74) is 0.822. The monoisotopic (exact) mass is 458 g/mol. The lowest BCUT2D eigenvalue weighted by Crippen LogP contribution is -2.41. The van der Waals surface area contributed by atoms with Gasteiger partial charge in [-0.1, -0.05) is 12.1 Å². The fourth-order valence-corrected chi connectivity index (χ4v) is 2.04. The Morgan fingerprint density at radius 2 is 2.08 bits per heavy atom. The summed E-state index contributed by atoms with van der Waals surface area (Å²) >= 11 is 0. The van der Waals surface area contributed by atoms with Crippen LogP contribution in [0, 0.1) is 5.82 Å². The van der Waals surface area contributed by atoms with Gasteiger partial charge < -0.3 is 15.4 Å². The Morgan fingerprint density at radius 3 is 2.76 bits per heavy atom. The predicted molar refractivity (Wildman–Crippen MR) is 109 cm³/mol. The number of nitrogens with zero attached hydrogens (tertiary/aromatic N) is 2. The smallest absolute Gasteiger partial charge is 0.224 e. The largest absolute Gasteiger partial charge is 0.439 e. The second-order valence-corrected chi connectivity index (χ2v) is 5.52. The number of nitrogens with one attached hydrogen (secondary N) is 2. The summed E-state index contributed by atoms with van der Waals surface area (Å²) in [5, 5.41) is 6.44. The Morgan fingerprint density at radius 1 is 1.28 bits per heavy atom. The Hall–Kier alpha value is -1.90. The Labute approximate surface area is 165 Å². The second kappa shape index (κ2) is 10.9. The van der Waals surface area contributed by atoms with Crippen LogP contribution in [0.1, 0.15) is 26.3 Å². The molecule has 0 bridgehead atoms. The van der Waals surface area contributed by atoms with Crippen molar-refractivity contribution in [3.05, 3.63) is 54.0 Å². The number of aromatic nitrogens is 1. The minimum absolute atomic E-state index is 0. The molecule has 0 fully saturated rings. The number of pyridine rings is 1. The summed E-state index contributed by atoms with van der Waals surface area (Å²) in [4.78, 5) is 8.78. The highest BCUT2D eigenvalue weighted by Gasteiger charge is 2.07. The number of hydrogen-bond acceptors (Lipinski definition) is 3. The fraction of sp³-hybridized carbons (Fsp3) is 0.333. The van der Waals surface area contributed by atoms with Gasteiger partial charge in [0.25, 0.3) is 0 Å². The minimum atomic E-state index is -0.349. The molecule has 2 aromatic rings. The molecule has 25 heavy (non-hydrogen) atoms. The zero-order valence-electron chi connectivity index (χ0n) is 14.6. The summed E-state index contributed by atoms with van der Waals surface area (Å²) in [6.07, 6.45) is 1.64. The molecule has 0 radical (unpaired) electrons. The van der Waals surface area contributed by atoms with Crippen LogP contribution in [0.2, 0.25) is 0 Å². The molecule has 1 aromatic carbocycles. The molecule has 136 valence electrons. The molecular weight excluding hydrogens is 434 g/mol. The van der Waals surface area contributed by atoms with Gasteiger partial charge in [0.2, 0.25) is 5.88 Å². The van der Waals surface area contributed by atoms with E-state index in [1.165, 1.54) is 12.1 Å². The number of ether oxygens (including phenoxy) is 1. The average molecular weight is 458 g/mol. The van der Waals surface area contributed by atoms with Crippen LogP contribution in [0.3, 0.4) is 0 Å². The number of halogens is 2. The molecule has 0 amide bonds. The van der Waals surface area contributed by atoms with Crippen LogP contribution in [0.4, 0.5) is 4.39 Å². The highest BCUT2D eigenvalue weighted by Crippen LogP contribution is 2.23. The standard InChI is InChI=1S/C18H23FN4O.HI/c1-4-20-18(23-13(2)3)22-12-14-7-6-10-21-17(14)24-16-9-5-8-15(19)11-16;/h5-11,13H,4,12H2,1-3H3,(H2,20,22,23);1H. The summed E-state index contributed by atoms with van der Waals surface area (Å²) < 4.78 is 19.0. The molecule has 2 rings (SSSR count). The summed E-state index contributed by atoms with van der Waals surface area (Å²) in [6, 6.07) is 9.98. The van der Waals surface area contributed by atoms with Crippen LogP contribution in [0.5, 0.6) is 11.6 Å². The fourth-order valence-electron chi connectivity index (χ4n) is 2.04. The number of benzene rings is 1. The third-order valence-corrected chi connectivity index (χ3v) is 3.04. The average Bonchev–Trinajstić information content (AvgIpc) is 2.53. The van der Waals surface area contributed by atoms with E-state index in [9.17, 15) is 4.39 Å². The van der Waals surface area contributed by atoms with E-state index in [2.05, 4.69) is 34.5 Å². The quantitative estimate of drug-likeness (QED) is 0.389. The Balaban J connectivity index is 0.00000312. The second-order valence-electron chi connectivity index (χ2n) is 5.52. The van der Waals surface area contributed by atoms with E-state index in [0.717, 1.165) is 18.1 Å². The van der Waals surface area contributed by atoms with Crippen LogP contribution in [-0.2, 0) is 6.54 Å². The Bertz CT molecular complexity index is 694. The van der Waals surface area contributed by atoms with Crippen molar-refractivity contribution >= 4 is 29.9 Å². The van der Waals surface area contributed by atoms with E-state index in [-0.39, 0.29) is 35.8 Å². The highest BCUT2D eigenvalue weighted by atomic mass is 127. The molecule has 0 atom stereocenters. The molecule has 1 heterocycles. The van der Waals surface area contributed by atoms with Crippen LogP contribution >= 0.6 is 24.0 Å². The van der Waals surface area contributed by atoms with Gasteiger partial charge in [-0.15, -0.1) is 24.0 Å². The first-order valence-corrected chi connectivity index (χ1v) is 8.00. The van der Waals surface area contributed by atoms with Gasteiger partial charge >= 0.3 is 0 Å². The molecular formula is C18H24FIN4O. The lowest BCUT2D eigenvalue weighted by molar-refractivity contribution is 0.452. The summed E-state index contributed by atoms with van der Waals surface area (Å²) in [5.74, 6) is 1.21. The van der Waals surface area contributed by atoms with Crippen molar-refractivity contribution < 1.29 is 9.13 Å². The molecule has 7 heteroatoms. The highest BCUT2D eigenvalue weighted by molar-refractivity contribution is 14.0. The summed E-state index contributed by atoms with van der Waals surface area (Å²) in [6.45, 7) is 7.30. The Kier molecular flexibility index (Phi) is 9.18. The maximum atomic E-state index is 13.3.